The zero-order chi connectivity index (χ0) is 74.8. The Bertz CT molecular complexity index is 3160. The molecule has 1 aliphatic rings. The number of anilines is 1. The minimum absolute atomic E-state index is 0.00316. The van der Waals surface area contributed by atoms with Crippen molar-refractivity contribution in [3.8, 4) is 11.5 Å². The quantitative estimate of drug-likeness (QED) is 0.0210. The number of carbonyl (C=O) groups excluding carboxylic acids is 8. The molecule has 22 nitrogen and oxygen atoms in total. The van der Waals surface area contributed by atoms with E-state index in [9.17, 15) is 48.3 Å². The monoisotopic (exact) mass is 1430 g/mol. The van der Waals surface area contributed by atoms with Crippen molar-refractivity contribution in [1.82, 2.24) is 5.32 Å². The number of carbonyl (C=O) groups is 9. The van der Waals surface area contributed by atoms with Crippen LogP contribution < -0.4 is 20.1 Å². The van der Waals surface area contributed by atoms with Gasteiger partial charge in [0, 0.05) is 83.9 Å². The molecule has 5 atom stereocenters. The van der Waals surface area contributed by atoms with E-state index in [0.717, 1.165) is 42.4 Å². The molecule has 0 radical (unpaired) electrons. The highest BCUT2D eigenvalue weighted by molar-refractivity contribution is 5.91. The Morgan fingerprint density at radius 1 is 0.515 bits per heavy atom. The van der Waals surface area contributed by atoms with Crippen LogP contribution in [0.2, 0.25) is 0 Å². The molecule has 4 aromatic rings. The number of carboxylic acid groups (broad SMARTS) is 1. The third-order valence-corrected chi connectivity index (χ3v) is 18.9. The van der Waals surface area contributed by atoms with Gasteiger partial charge in [0.2, 0.25) is 11.8 Å². The van der Waals surface area contributed by atoms with Gasteiger partial charge in [-0.25, -0.2) is 0 Å². The number of nitrogens with one attached hydrogen (secondary N) is 2. The van der Waals surface area contributed by atoms with E-state index in [0.29, 0.717) is 138 Å². The van der Waals surface area contributed by atoms with Gasteiger partial charge in [-0.3, -0.25) is 43.2 Å². The van der Waals surface area contributed by atoms with E-state index in [1.54, 1.807) is 20.3 Å². The Morgan fingerprint density at radius 2 is 1.02 bits per heavy atom. The van der Waals surface area contributed by atoms with Crippen LogP contribution in [0.3, 0.4) is 0 Å². The van der Waals surface area contributed by atoms with Gasteiger partial charge in [0.15, 0.2) is 6.29 Å². The summed E-state index contributed by atoms with van der Waals surface area (Å²) in [5, 5.41) is 15.1. The number of carboxylic acids is 1. The van der Waals surface area contributed by atoms with Gasteiger partial charge < -0.3 is 63.1 Å². The first kappa shape index (κ1) is 85.9. The summed E-state index contributed by atoms with van der Waals surface area (Å²) >= 11 is 0. The van der Waals surface area contributed by atoms with Crippen LogP contribution >= 0.6 is 0 Å². The van der Waals surface area contributed by atoms with Gasteiger partial charge in [-0.2, -0.15) is 0 Å². The Morgan fingerprint density at radius 3 is 1.55 bits per heavy atom. The Hall–Kier alpha value is -7.73. The number of ether oxygens (including phenoxy) is 10. The van der Waals surface area contributed by atoms with E-state index in [1.165, 1.54) is 13.8 Å². The molecule has 5 unspecified atom stereocenters. The number of hydrogen-bond acceptors (Lipinski definition) is 19. The molecule has 0 aliphatic carbocycles. The van der Waals surface area contributed by atoms with Crippen LogP contribution in [0.1, 0.15) is 217 Å². The van der Waals surface area contributed by atoms with E-state index in [1.807, 2.05) is 119 Å². The molecule has 5 rings (SSSR count). The lowest BCUT2D eigenvalue weighted by molar-refractivity contribution is -0.247. The fourth-order valence-electron chi connectivity index (χ4n) is 12.9. The third-order valence-electron chi connectivity index (χ3n) is 18.9. The molecule has 3 N–H and O–H groups in total. The summed E-state index contributed by atoms with van der Waals surface area (Å²) in [6, 6.07) is 30.1. The Labute approximate surface area is 609 Å². The number of hydrogen-bond donors (Lipinski definition) is 3. The summed E-state index contributed by atoms with van der Waals surface area (Å²) < 4.78 is 58.2. The molecular weight excluding hydrogens is 1320 g/mol. The van der Waals surface area contributed by atoms with Gasteiger partial charge in [0.05, 0.1) is 85.5 Å². The average molecular weight is 1440 g/mol. The maximum Gasteiger partial charge on any atom is 0.306 e. The van der Waals surface area contributed by atoms with Crippen LogP contribution in [0, 0.1) is 17.3 Å². The molecule has 103 heavy (non-hydrogen) atoms. The maximum atomic E-state index is 14.0. The van der Waals surface area contributed by atoms with Gasteiger partial charge >= 0.3 is 17.9 Å². The number of aliphatic carboxylic acids is 1. The minimum atomic E-state index is -1.16. The van der Waals surface area contributed by atoms with Crippen LogP contribution in [-0.2, 0) is 99.9 Å². The average Bonchev–Trinajstić information content (AvgIpc) is 0.750. The van der Waals surface area contributed by atoms with Crippen molar-refractivity contribution in [3.63, 3.8) is 0 Å². The molecule has 1 aliphatic heterocycles. The second-order valence-electron chi connectivity index (χ2n) is 27.0. The SMILES string of the molecule is CCCC(=O)CCC(CCC(=O)CCC)(CCC(=O)CCCOCCOCCOCCOC1OC(COC(C)=O)C(C)C(C)C1NC(C)=O)CC(=O)CCCCCCCCC(=O)Nc1cc(COC(=O)CCC(=O)O)cc(COC(c2ccccc2)(c2ccc(OC)cc2)c2ccc(OC)cc2)c1. The number of rotatable bonds is 55. The van der Waals surface area contributed by atoms with Crippen molar-refractivity contribution in [2.75, 3.05) is 72.4 Å². The van der Waals surface area contributed by atoms with Gasteiger partial charge in [0.25, 0.3) is 0 Å². The van der Waals surface area contributed by atoms with E-state index in [2.05, 4.69) is 10.6 Å². The maximum absolute atomic E-state index is 14.0. The number of amides is 2. The Kier molecular flexibility index (Phi) is 39.7. The van der Waals surface area contributed by atoms with E-state index in [-0.39, 0.29) is 125 Å². The fourth-order valence-corrected chi connectivity index (χ4v) is 12.9. The molecule has 1 saturated heterocycles. The summed E-state index contributed by atoms with van der Waals surface area (Å²) in [6.45, 7) is 12.8. The van der Waals surface area contributed by atoms with Crippen LogP contribution in [-0.4, -0.2) is 143 Å². The predicted octanol–water partition coefficient (Wildman–Crippen LogP) is 13.7. The molecule has 0 bridgehead atoms. The van der Waals surface area contributed by atoms with Crippen LogP contribution in [0.4, 0.5) is 5.69 Å². The molecule has 22 heteroatoms. The first-order valence-electron chi connectivity index (χ1n) is 36.9. The lowest BCUT2D eigenvalue weighted by atomic mass is 9.70. The van der Waals surface area contributed by atoms with Gasteiger partial charge in [-0.15, -0.1) is 0 Å². The lowest BCUT2D eigenvalue weighted by Crippen LogP contribution is -2.58. The standard InChI is InChI=1S/C81H114N2O20/c1-9-21-68(86)38-41-80(42-39-69(87)22-10-2,43-40-70(88)26-20-44-96-45-46-97-47-48-98-49-50-99-79-78(82-60(5)84)59(4)58(3)74(103-79)57-100-61(6)85)54-71(89)25-18-13-11-12-14-19-27-75(90)83-67-52-62(55-101-77(93)37-36-76(91)92)51-63(53-67)56-102-81(64-23-16-15-17-24-64,65-28-32-72(94-7)33-29-65)66-30-34-73(95-8)35-31-66/h15-17,23-24,28-35,51-53,58-59,74,78-79H,9-14,18-22,25-27,36-50,54-57H2,1-8H3,(H,82,84)(H,83,90)(H,91,92). The number of ketones is 4. The predicted molar refractivity (Wildman–Crippen MR) is 389 cm³/mol. The van der Waals surface area contributed by atoms with E-state index < -0.39 is 47.4 Å². The van der Waals surface area contributed by atoms with Crippen LogP contribution in [0.25, 0.3) is 0 Å². The molecule has 1 heterocycles. The molecule has 0 spiro atoms. The summed E-state index contributed by atoms with van der Waals surface area (Å²) in [5.74, 6) is -0.952. The Balaban J connectivity index is 1.08. The number of benzene rings is 4. The number of methoxy groups -OCH3 is 2. The molecule has 0 aromatic heterocycles. The highest BCUT2D eigenvalue weighted by Gasteiger charge is 2.43. The van der Waals surface area contributed by atoms with Gasteiger partial charge in [0.1, 0.15) is 53.4 Å². The molecule has 2 amide bonds. The highest BCUT2D eigenvalue weighted by Crippen LogP contribution is 2.44. The van der Waals surface area contributed by atoms with Crippen molar-refractivity contribution in [3.05, 3.63) is 125 Å². The summed E-state index contributed by atoms with van der Waals surface area (Å²) in [7, 11) is 3.21. The summed E-state index contributed by atoms with van der Waals surface area (Å²) in [6.07, 6.45) is 8.70. The number of Topliss-reactive ketones (excluding diaryl/α,β-unsaturated/α-hetero) is 4. The van der Waals surface area contributed by atoms with E-state index >= 15 is 0 Å². The minimum Gasteiger partial charge on any atom is -0.497 e. The second kappa shape index (κ2) is 47.6. The van der Waals surface area contributed by atoms with Crippen molar-refractivity contribution in [2.45, 2.75) is 226 Å². The number of esters is 2. The third kappa shape index (κ3) is 31.6. The van der Waals surface area contributed by atoms with Crippen molar-refractivity contribution in [1.29, 1.82) is 0 Å². The molecular formula is C81H114N2O20. The van der Waals surface area contributed by atoms with Gasteiger partial charge in [-0.1, -0.05) is 108 Å². The zero-order valence-corrected chi connectivity index (χ0v) is 62.2. The molecule has 4 aromatic carbocycles. The lowest BCUT2D eigenvalue weighted by Gasteiger charge is -2.44. The molecule has 1 fully saturated rings. The largest absolute Gasteiger partial charge is 0.497 e. The van der Waals surface area contributed by atoms with Crippen molar-refractivity contribution >= 4 is 58.5 Å². The number of unbranched alkanes of at least 4 members (excludes halogenated alkanes) is 5. The first-order valence-corrected chi connectivity index (χ1v) is 36.9. The molecule has 0 saturated carbocycles. The molecule has 568 valence electrons. The highest BCUT2D eigenvalue weighted by atomic mass is 16.7. The smallest absolute Gasteiger partial charge is 0.306 e. The van der Waals surface area contributed by atoms with Crippen LogP contribution in [0.15, 0.2) is 97.1 Å². The van der Waals surface area contributed by atoms with E-state index in [4.69, 9.17) is 47.4 Å². The summed E-state index contributed by atoms with van der Waals surface area (Å²) in [4.78, 5) is 114. The van der Waals surface area contributed by atoms with Crippen molar-refractivity contribution < 1.29 is 95.6 Å². The second-order valence-corrected chi connectivity index (χ2v) is 27.0. The van der Waals surface area contributed by atoms with Crippen molar-refractivity contribution in [2.24, 2.45) is 17.3 Å². The van der Waals surface area contributed by atoms with Crippen LogP contribution in [0.5, 0.6) is 11.5 Å². The van der Waals surface area contributed by atoms with Gasteiger partial charge in [-0.05, 0) is 139 Å². The topological polar surface area (TPSA) is 290 Å². The fraction of sp³-hybridized carbons (Fsp3) is 0.593. The zero-order valence-electron chi connectivity index (χ0n) is 62.2. The normalized spacial score (nSPS) is 15.9. The summed E-state index contributed by atoms with van der Waals surface area (Å²) in [5.41, 5.74) is 2.36. The first-order chi connectivity index (χ1) is 49.6.